The molecule has 0 spiro atoms. The lowest BCUT2D eigenvalue weighted by molar-refractivity contribution is -0.0671. The van der Waals surface area contributed by atoms with E-state index >= 15 is 0 Å². The van der Waals surface area contributed by atoms with E-state index in [0.29, 0.717) is 18.9 Å². The van der Waals surface area contributed by atoms with Gasteiger partial charge in [-0.3, -0.25) is 9.69 Å². The number of nitrogens with one attached hydrogen (secondary N) is 1. The fraction of sp³-hybridized carbons (Fsp3) is 0.480. The molecule has 2 aromatic rings. The number of hydrogen-bond donors (Lipinski definition) is 1. The molecule has 0 aromatic heterocycles. The first kappa shape index (κ1) is 23.3. The second-order valence-electron chi connectivity index (χ2n) is 8.08. The number of carbonyl (C=O) groups is 1. The predicted molar refractivity (Wildman–Crippen MR) is 124 cm³/mol. The smallest absolute Gasteiger partial charge is 0.251 e. The first-order chi connectivity index (χ1) is 15.1. The van der Waals surface area contributed by atoms with Crippen molar-refractivity contribution >= 4 is 11.6 Å². The summed E-state index contributed by atoms with van der Waals surface area (Å²) in [5.41, 5.74) is 3.06. The van der Waals surface area contributed by atoms with Gasteiger partial charge in [0.05, 0.1) is 12.1 Å². The van der Waals surface area contributed by atoms with Crippen molar-refractivity contribution < 1.29 is 14.3 Å². The van der Waals surface area contributed by atoms with Gasteiger partial charge in [0.1, 0.15) is 6.79 Å². The van der Waals surface area contributed by atoms with Crippen LogP contribution in [0.1, 0.15) is 41.7 Å². The molecule has 1 amide bonds. The number of nitrogens with zero attached hydrogens (tertiary/aromatic N) is 2. The van der Waals surface area contributed by atoms with Gasteiger partial charge in [-0.05, 0) is 42.7 Å². The monoisotopic (exact) mass is 425 g/mol. The molecule has 2 unspecified atom stereocenters. The lowest BCUT2D eigenvalue weighted by atomic mass is 10.0. The summed E-state index contributed by atoms with van der Waals surface area (Å²) in [6.45, 7) is 5.93. The van der Waals surface area contributed by atoms with E-state index in [2.05, 4.69) is 52.5 Å². The molecule has 1 saturated heterocycles. The van der Waals surface area contributed by atoms with Crippen molar-refractivity contribution in [2.75, 3.05) is 52.0 Å². The quantitative estimate of drug-likeness (QED) is 0.557. The zero-order chi connectivity index (χ0) is 22.1. The standard InChI is InChI=1S/C25H35N3O3/c1-4-15-26-25(29)21-10-12-22(13-11-21)27(2)24(20-8-6-5-7-9-20)18-28-16-14-23(17-28)31-19-30-3/h5-13,23-24H,4,14-19H2,1-3H3,(H,26,29). The third-order valence-electron chi connectivity index (χ3n) is 5.81. The number of carbonyl (C=O) groups excluding carboxylic acids is 1. The first-order valence-electron chi connectivity index (χ1n) is 11.1. The Morgan fingerprint density at radius 1 is 1.19 bits per heavy atom. The van der Waals surface area contributed by atoms with E-state index in [1.165, 1.54) is 5.56 Å². The molecule has 1 N–H and O–H groups in total. The van der Waals surface area contributed by atoms with Gasteiger partial charge in [0.25, 0.3) is 5.91 Å². The summed E-state index contributed by atoms with van der Waals surface area (Å²) in [7, 11) is 3.78. The minimum Gasteiger partial charge on any atom is -0.366 e. The number of amides is 1. The zero-order valence-corrected chi connectivity index (χ0v) is 18.9. The molecular formula is C25H35N3O3. The maximum Gasteiger partial charge on any atom is 0.251 e. The molecule has 6 nitrogen and oxygen atoms in total. The van der Waals surface area contributed by atoms with Gasteiger partial charge in [-0.15, -0.1) is 0 Å². The Balaban J connectivity index is 1.71. The van der Waals surface area contributed by atoms with Crippen LogP contribution in [0.4, 0.5) is 5.69 Å². The molecule has 1 aliphatic heterocycles. The maximum atomic E-state index is 12.2. The third-order valence-corrected chi connectivity index (χ3v) is 5.81. The average Bonchev–Trinajstić information content (AvgIpc) is 3.27. The Labute approximate surface area is 186 Å². The fourth-order valence-corrected chi connectivity index (χ4v) is 4.00. The molecule has 1 fully saturated rings. The van der Waals surface area contributed by atoms with E-state index in [4.69, 9.17) is 9.47 Å². The summed E-state index contributed by atoms with van der Waals surface area (Å²) in [6, 6.07) is 18.7. The highest BCUT2D eigenvalue weighted by atomic mass is 16.7. The summed E-state index contributed by atoms with van der Waals surface area (Å²) in [4.78, 5) is 17.0. The Hall–Kier alpha value is -2.41. The Bertz CT molecular complexity index is 797. The summed E-state index contributed by atoms with van der Waals surface area (Å²) in [5, 5.41) is 2.93. The van der Waals surface area contributed by atoms with Crippen LogP contribution in [-0.2, 0) is 9.47 Å². The normalized spacial score (nSPS) is 17.5. The number of benzene rings is 2. The number of anilines is 1. The third kappa shape index (κ3) is 6.53. The van der Waals surface area contributed by atoms with Crippen molar-refractivity contribution in [1.82, 2.24) is 10.2 Å². The van der Waals surface area contributed by atoms with Gasteiger partial charge in [-0.25, -0.2) is 0 Å². The van der Waals surface area contributed by atoms with Crippen molar-refractivity contribution in [2.24, 2.45) is 0 Å². The molecule has 168 valence electrons. The Morgan fingerprint density at radius 3 is 2.61 bits per heavy atom. The average molecular weight is 426 g/mol. The van der Waals surface area contributed by atoms with Crippen LogP contribution in [0.3, 0.4) is 0 Å². The van der Waals surface area contributed by atoms with E-state index in [9.17, 15) is 4.79 Å². The molecule has 1 aliphatic rings. The van der Waals surface area contributed by atoms with Crippen molar-refractivity contribution in [2.45, 2.75) is 31.9 Å². The molecule has 3 rings (SSSR count). The minimum absolute atomic E-state index is 0.0187. The molecular weight excluding hydrogens is 390 g/mol. The number of hydrogen-bond acceptors (Lipinski definition) is 5. The fourth-order valence-electron chi connectivity index (χ4n) is 4.00. The summed E-state index contributed by atoms with van der Waals surface area (Å²) in [5.74, 6) is -0.0187. The Kier molecular flexibility index (Phi) is 8.88. The molecule has 0 bridgehead atoms. The van der Waals surface area contributed by atoms with Crippen LogP contribution in [0.5, 0.6) is 0 Å². The lowest BCUT2D eigenvalue weighted by Crippen LogP contribution is -2.36. The van der Waals surface area contributed by atoms with Crippen molar-refractivity contribution in [3.8, 4) is 0 Å². The van der Waals surface area contributed by atoms with Crippen LogP contribution in [0.15, 0.2) is 54.6 Å². The van der Waals surface area contributed by atoms with Crippen LogP contribution in [0, 0.1) is 0 Å². The molecule has 1 heterocycles. The van der Waals surface area contributed by atoms with Gasteiger partial charge in [-0.2, -0.15) is 0 Å². The number of likely N-dealkylation sites (tertiary alicyclic amines) is 1. The highest BCUT2D eigenvalue weighted by Crippen LogP contribution is 2.28. The number of likely N-dealkylation sites (N-methyl/N-ethyl adjacent to an activating group) is 1. The number of rotatable bonds is 11. The highest BCUT2D eigenvalue weighted by molar-refractivity contribution is 5.94. The second-order valence-corrected chi connectivity index (χ2v) is 8.08. The van der Waals surface area contributed by atoms with Crippen LogP contribution >= 0.6 is 0 Å². The SMILES string of the molecule is CCCNC(=O)c1ccc(N(C)C(CN2CCC(OCOC)C2)c2ccccc2)cc1. The lowest BCUT2D eigenvalue weighted by Gasteiger charge is -2.33. The van der Waals surface area contributed by atoms with Crippen LogP contribution in [0.25, 0.3) is 0 Å². The van der Waals surface area contributed by atoms with Crippen molar-refractivity contribution in [3.63, 3.8) is 0 Å². The van der Waals surface area contributed by atoms with E-state index in [0.717, 1.165) is 38.2 Å². The largest absolute Gasteiger partial charge is 0.366 e. The minimum atomic E-state index is -0.0187. The van der Waals surface area contributed by atoms with Gasteiger partial charge in [0, 0.05) is 51.6 Å². The Morgan fingerprint density at radius 2 is 1.94 bits per heavy atom. The van der Waals surface area contributed by atoms with Crippen LogP contribution in [0.2, 0.25) is 0 Å². The number of methoxy groups -OCH3 is 1. The second kappa shape index (κ2) is 11.8. The van der Waals surface area contributed by atoms with E-state index < -0.39 is 0 Å². The van der Waals surface area contributed by atoms with Crippen molar-refractivity contribution in [3.05, 3.63) is 65.7 Å². The number of ether oxygens (including phenoxy) is 2. The van der Waals surface area contributed by atoms with Gasteiger partial charge in [0.15, 0.2) is 0 Å². The molecule has 6 heteroatoms. The summed E-state index contributed by atoms with van der Waals surface area (Å²) >= 11 is 0. The first-order valence-corrected chi connectivity index (χ1v) is 11.1. The van der Waals surface area contributed by atoms with Crippen LogP contribution < -0.4 is 10.2 Å². The van der Waals surface area contributed by atoms with Gasteiger partial charge in [-0.1, -0.05) is 37.3 Å². The van der Waals surface area contributed by atoms with Crippen molar-refractivity contribution in [1.29, 1.82) is 0 Å². The van der Waals surface area contributed by atoms with E-state index in [-0.39, 0.29) is 18.1 Å². The highest BCUT2D eigenvalue weighted by Gasteiger charge is 2.27. The maximum absolute atomic E-state index is 12.2. The summed E-state index contributed by atoms with van der Waals surface area (Å²) < 4.78 is 10.8. The summed E-state index contributed by atoms with van der Waals surface area (Å²) in [6.07, 6.45) is 2.18. The zero-order valence-electron chi connectivity index (χ0n) is 18.9. The molecule has 0 radical (unpaired) electrons. The van der Waals surface area contributed by atoms with Gasteiger partial charge < -0.3 is 19.7 Å². The topological polar surface area (TPSA) is 54.0 Å². The van der Waals surface area contributed by atoms with Gasteiger partial charge in [0.2, 0.25) is 0 Å². The van der Waals surface area contributed by atoms with E-state index in [1.54, 1.807) is 7.11 Å². The van der Waals surface area contributed by atoms with Gasteiger partial charge >= 0.3 is 0 Å². The molecule has 2 atom stereocenters. The molecule has 0 saturated carbocycles. The van der Waals surface area contributed by atoms with E-state index in [1.807, 2.05) is 31.2 Å². The molecule has 2 aromatic carbocycles. The molecule has 0 aliphatic carbocycles. The molecule has 31 heavy (non-hydrogen) atoms. The predicted octanol–water partition coefficient (Wildman–Crippen LogP) is 3.70. The van der Waals surface area contributed by atoms with Crippen LogP contribution in [-0.4, -0.2) is 64.0 Å².